The Hall–Kier alpha value is -2.43. The number of carbonyl (C=O) groups is 2. The minimum atomic E-state index is -0.0266. The van der Waals surface area contributed by atoms with Crippen molar-refractivity contribution in [2.45, 2.75) is 52.5 Å². The Bertz CT molecular complexity index is 740. The van der Waals surface area contributed by atoms with E-state index in [0.717, 1.165) is 22.8 Å². The lowest BCUT2D eigenvalue weighted by Crippen LogP contribution is -2.36. The molecule has 140 valence electrons. The van der Waals surface area contributed by atoms with Gasteiger partial charge in [0.15, 0.2) is 0 Å². The highest BCUT2D eigenvalue weighted by Gasteiger charge is 2.11. The van der Waals surface area contributed by atoms with Gasteiger partial charge in [-0.05, 0) is 30.2 Å². The average molecular weight is 355 g/mol. The summed E-state index contributed by atoms with van der Waals surface area (Å²) < 4.78 is 0. The van der Waals surface area contributed by atoms with Crippen molar-refractivity contribution in [3.8, 4) is 0 Å². The van der Waals surface area contributed by atoms with Gasteiger partial charge in [0, 0.05) is 36.8 Å². The van der Waals surface area contributed by atoms with E-state index in [4.69, 9.17) is 0 Å². The van der Waals surface area contributed by atoms with E-state index in [0.29, 0.717) is 31.7 Å². The Morgan fingerprint density at radius 3 is 2.65 bits per heavy atom. The van der Waals surface area contributed by atoms with Gasteiger partial charge < -0.3 is 10.6 Å². The zero-order valence-corrected chi connectivity index (χ0v) is 15.9. The monoisotopic (exact) mass is 355 g/mol. The Balaban J connectivity index is 1.76. The van der Waals surface area contributed by atoms with Gasteiger partial charge in [0.1, 0.15) is 0 Å². The fourth-order valence-corrected chi connectivity index (χ4v) is 2.85. The Morgan fingerprint density at radius 2 is 1.88 bits per heavy atom. The molecule has 2 aromatic rings. The van der Waals surface area contributed by atoms with Crippen molar-refractivity contribution in [3.63, 3.8) is 0 Å². The largest absolute Gasteiger partial charge is 0.356 e. The van der Waals surface area contributed by atoms with Crippen molar-refractivity contribution >= 4 is 22.6 Å². The zero-order chi connectivity index (χ0) is 18.9. The van der Waals surface area contributed by atoms with Crippen LogP contribution in [0.5, 0.6) is 0 Å². The van der Waals surface area contributed by atoms with Crippen molar-refractivity contribution in [1.29, 1.82) is 0 Å². The van der Waals surface area contributed by atoms with E-state index in [-0.39, 0.29) is 17.9 Å². The number of hydrogen-bond acceptors (Lipinski definition) is 3. The predicted octanol–water partition coefficient (Wildman–Crippen LogP) is 3.22. The van der Waals surface area contributed by atoms with E-state index >= 15 is 0 Å². The van der Waals surface area contributed by atoms with Gasteiger partial charge in [-0.15, -0.1) is 0 Å². The number of aromatic nitrogens is 1. The number of rotatable bonds is 9. The molecule has 0 bridgehead atoms. The first-order valence-corrected chi connectivity index (χ1v) is 9.37. The SMILES string of the molecule is CCC(C)CC(=O)NC(C)CCNC(=O)Cc1cncc2ccccc12. The van der Waals surface area contributed by atoms with Gasteiger partial charge >= 0.3 is 0 Å². The number of amides is 2. The van der Waals surface area contributed by atoms with Crippen LogP contribution in [0.15, 0.2) is 36.7 Å². The Kier molecular flexibility index (Phi) is 7.57. The van der Waals surface area contributed by atoms with E-state index in [1.54, 1.807) is 12.4 Å². The molecule has 0 saturated carbocycles. The third-order valence-electron chi connectivity index (χ3n) is 4.64. The molecule has 5 heteroatoms. The summed E-state index contributed by atoms with van der Waals surface area (Å²) in [5, 5.41) is 8.02. The number of carbonyl (C=O) groups excluding carboxylic acids is 2. The van der Waals surface area contributed by atoms with Crippen molar-refractivity contribution in [3.05, 3.63) is 42.2 Å². The normalized spacial score (nSPS) is 13.2. The zero-order valence-electron chi connectivity index (χ0n) is 15.9. The molecule has 26 heavy (non-hydrogen) atoms. The molecule has 0 spiro atoms. The minimum Gasteiger partial charge on any atom is -0.356 e. The molecule has 2 rings (SSSR count). The Labute approximate surface area is 155 Å². The predicted molar refractivity (Wildman–Crippen MR) is 105 cm³/mol. The molecular formula is C21H29N3O2. The molecule has 2 unspecified atom stereocenters. The second kappa shape index (κ2) is 9.90. The third-order valence-corrected chi connectivity index (χ3v) is 4.64. The summed E-state index contributed by atoms with van der Waals surface area (Å²) in [6.45, 7) is 6.67. The van der Waals surface area contributed by atoms with Crippen molar-refractivity contribution in [1.82, 2.24) is 15.6 Å². The van der Waals surface area contributed by atoms with Crippen LogP contribution in [0.4, 0.5) is 0 Å². The van der Waals surface area contributed by atoms with Crippen LogP contribution in [0.25, 0.3) is 10.8 Å². The summed E-state index contributed by atoms with van der Waals surface area (Å²) in [5.74, 6) is 0.456. The second-order valence-corrected chi connectivity index (χ2v) is 7.02. The van der Waals surface area contributed by atoms with Gasteiger partial charge in [-0.25, -0.2) is 0 Å². The van der Waals surface area contributed by atoms with E-state index in [1.165, 1.54) is 0 Å². The van der Waals surface area contributed by atoms with Crippen LogP contribution >= 0.6 is 0 Å². The lowest BCUT2D eigenvalue weighted by Gasteiger charge is -2.16. The fraction of sp³-hybridized carbons (Fsp3) is 0.476. The summed E-state index contributed by atoms with van der Waals surface area (Å²) in [5.41, 5.74) is 0.926. The number of benzene rings is 1. The van der Waals surface area contributed by atoms with Gasteiger partial charge in [0.25, 0.3) is 0 Å². The molecule has 0 fully saturated rings. The summed E-state index contributed by atoms with van der Waals surface area (Å²) in [6.07, 6.45) is 6.14. The lowest BCUT2D eigenvalue weighted by molar-refractivity contribution is -0.122. The van der Waals surface area contributed by atoms with Crippen LogP contribution < -0.4 is 10.6 Å². The molecule has 0 aliphatic carbocycles. The van der Waals surface area contributed by atoms with Gasteiger partial charge in [-0.2, -0.15) is 0 Å². The molecule has 0 aliphatic rings. The molecule has 2 N–H and O–H groups in total. The van der Waals surface area contributed by atoms with Crippen LogP contribution in [0.2, 0.25) is 0 Å². The molecule has 5 nitrogen and oxygen atoms in total. The van der Waals surface area contributed by atoms with Crippen LogP contribution in [-0.4, -0.2) is 29.4 Å². The van der Waals surface area contributed by atoms with Crippen LogP contribution in [0.1, 0.15) is 45.6 Å². The van der Waals surface area contributed by atoms with Crippen molar-refractivity contribution < 1.29 is 9.59 Å². The topological polar surface area (TPSA) is 71.1 Å². The maximum Gasteiger partial charge on any atom is 0.224 e. The van der Waals surface area contributed by atoms with Crippen LogP contribution in [-0.2, 0) is 16.0 Å². The molecule has 0 radical (unpaired) electrons. The highest BCUT2D eigenvalue weighted by molar-refractivity contribution is 5.89. The van der Waals surface area contributed by atoms with Crippen LogP contribution in [0, 0.1) is 5.92 Å². The minimum absolute atomic E-state index is 0.0266. The first kappa shape index (κ1) is 19.9. The first-order chi connectivity index (χ1) is 12.5. The number of fused-ring (bicyclic) bond motifs is 1. The highest BCUT2D eigenvalue weighted by Crippen LogP contribution is 2.17. The molecular weight excluding hydrogens is 326 g/mol. The second-order valence-electron chi connectivity index (χ2n) is 7.02. The molecule has 1 aromatic carbocycles. The number of nitrogens with zero attached hydrogens (tertiary/aromatic N) is 1. The average Bonchev–Trinajstić information content (AvgIpc) is 2.61. The van der Waals surface area contributed by atoms with Gasteiger partial charge in [-0.1, -0.05) is 44.5 Å². The molecule has 2 amide bonds. The van der Waals surface area contributed by atoms with E-state index in [9.17, 15) is 9.59 Å². The van der Waals surface area contributed by atoms with Crippen molar-refractivity contribution in [2.24, 2.45) is 5.92 Å². The third kappa shape index (κ3) is 6.14. The van der Waals surface area contributed by atoms with E-state index in [2.05, 4.69) is 29.5 Å². The molecule has 1 heterocycles. The number of nitrogens with one attached hydrogen (secondary N) is 2. The highest BCUT2D eigenvalue weighted by atomic mass is 16.2. The smallest absolute Gasteiger partial charge is 0.224 e. The summed E-state index contributed by atoms with van der Waals surface area (Å²) in [4.78, 5) is 28.3. The molecule has 0 aliphatic heterocycles. The van der Waals surface area contributed by atoms with E-state index < -0.39 is 0 Å². The molecule has 1 aromatic heterocycles. The fourth-order valence-electron chi connectivity index (χ4n) is 2.85. The number of hydrogen-bond donors (Lipinski definition) is 2. The maximum absolute atomic E-state index is 12.2. The molecule has 2 atom stereocenters. The summed E-state index contributed by atoms with van der Waals surface area (Å²) in [7, 11) is 0. The van der Waals surface area contributed by atoms with Gasteiger partial charge in [0.05, 0.1) is 6.42 Å². The standard InChI is InChI=1S/C21H29N3O2/c1-4-15(2)11-21(26)24-16(3)9-10-23-20(25)12-18-14-22-13-17-7-5-6-8-19(17)18/h5-8,13-16H,4,9-12H2,1-3H3,(H,23,25)(H,24,26). The van der Waals surface area contributed by atoms with Crippen LogP contribution in [0.3, 0.4) is 0 Å². The maximum atomic E-state index is 12.2. The Morgan fingerprint density at radius 1 is 1.12 bits per heavy atom. The first-order valence-electron chi connectivity index (χ1n) is 9.37. The summed E-state index contributed by atoms with van der Waals surface area (Å²) >= 11 is 0. The molecule has 0 saturated heterocycles. The van der Waals surface area contributed by atoms with Gasteiger partial charge in [0.2, 0.25) is 11.8 Å². The lowest BCUT2D eigenvalue weighted by atomic mass is 10.0. The number of pyridine rings is 1. The van der Waals surface area contributed by atoms with Crippen molar-refractivity contribution in [2.75, 3.05) is 6.54 Å². The van der Waals surface area contributed by atoms with E-state index in [1.807, 2.05) is 31.2 Å². The quantitative estimate of drug-likeness (QED) is 0.725. The van der Waals surface area contributed by atoms with Gasteiger partial charge in [-0.3, -0.25) is 14.6 Å². The summed E-state index contributed by atoms with van der Waals surface area (Å²) in [6, 6.07) is 7.98.